The Balaban J connectivity index is 2.66. The summed E-state index contributed by atoms with van der Waals surface area (Å²) in [6, 6.07) is 1.99. The van der Waals surface area contributed by atoms with Crippen molar-refractivity contribution in [1.29, 1.82) is 0 Å². The molecule has 0 aromatic carbocycles. The monoisotopic (exact) mass is 225 g/mol. The van der Waals surface area contributed by atoms with Gasteiger partial charge in [-0.15, -0.1) is 11.3 Å². The standard InChI is InChI=1S/C12H19NOS/c1-5-10-9(4)6-11(15-10)12(14)13-7-8(2)3/h6,8H,5,7H2,1-4H3,(H,13,14). The van der Waals surface area contributed by atoms with Crippen LogP contribution < -0.4 is 5.32 Å². The van der Waals surface area contributed by atoms with Crippen LogP contribution in [-0.4, -0.2) is 12.5 Å². The molecular formula is C12H19NOS. The van der Waals surface area contributed by atoms with Gasteiger partial charge in [0, 0.05) is 11.4 Å². The number of thiophene rings is 1. The molecule has 0 bridgehead atoms. The Kier molecular flexibility index (Phi) is 4.33. The Morgan fingerprint density at radius 1 is 1.53 bits per heavy atom. The number of carbonyl (C=O) groups is 1. The van der Waals surface area contributed by atoms with E-state index in [-0.39, 0.29) is 5.91 Å². The van der Waals surface area contributed by atoms with E-state index in [0.29, 0.717) is 5.92 Å². The molecule has 1 N–H and O–H groups in total. The predicted octanol–water partition coefficient (Wildman–Crippen LogP) is 3.00. The third-order valence-electron chi connectivity index (χ3n) is 2.24. The minimum absolute atomic E-state index is 0.0662. The van der Waals surface area contributed by atoms with Crippen LogP contribution in [0.3, 0.4) is 0 Å². The highest BCUT2D eigenvalue weighted by atomic mass is 32.1. The molecule has 0 saturated heterocycles. The van der Waals surface area contributed by atoms with Gasteiger partial charge in [-0.1, -0.05) is 20.8 Å². The molecule has 15 heavy (non-hydrogen) atoms. The lowest BCUT2D eigenvalue weighted by molar-refractivity contribution is 0.0953. The second-order valence-electron chi connectivity index (χ2n) is 4.17. The Morgan fingerprint density at radius 3 is 2.67 bits per heavy atom. The molecule has 0 spiro atoms. The zero-order chi connectivity index (χ0) is 11.4. The van der Waals surface area contributed by atoms with Crippen molar-refractivity contribution in [3.05, 3.63) is 21.4 Å². The van der Waals surface area contributed by atoms with E-state index in [0.717, 1.165) is 17.8 Å². The van der Waals surface area contributed by atoms with E-state index in [1.165, 1.54) is 10.4 Å². The molecule has 0 fully saturated rings. The van der Waals surface area contributed by atoms with Gasteiger partial charge >= 0.3 is 0 Å². The molecule has 1 aromatic rings. The molecule has 1 heterocycles. The first kappa shape index (κ1) is 12.2. The molecule has 1 aromatic heterocycles. The van der Waals surface area contributed by atoms with Crippen LogP contribution in [-0.2, 0) is 6.42 Å². The second kappa shape index (κ2) is 5.31. The van der Waals surface area contributed by atoms with Crippen LogP contribution in [0, 0.1) is 12.8 Å². The molecule has 0 aliphatic heterocycles. The fourth-order valence-electron chi connectivity index (χ4n) is 1.37. The summed E-state index contributed by atoms with van der Waals surface area (Å²) in [5, 5.41) is 2.93. The van der Waals surface area contributed by atoms with Gasteiger partial charge in [0.1, 0.15) is 0 Å². The summed E-state index contributed by atoms with van der Waals surface area (Å²) in [6.07, 6.45) is 1.01. The highest BCUT2D eigenvalue weighted by Gasteiger charge is 2.11. The van der Waals surface area contributed by atoms with Gasteiger partial charge in [-0.3, -0.25) is 4.79 Å². The molecule has 0 saturated carbocycles. The quantitative estimate of drug-likeness (QED) is 0.838. The summed E-state index contributed by atoms with van der Waals surface area (Å²) >= 11 is 1.61. The van der Waals surface area contributed by atoms with Crippen molar-refractivity contribution in [3.63, 3.8) is 0 Å². The van der Waals surface area contributed by atoms with Crippen LogP contribution in [0.25, 0.3) is 0 Å². The fraction of sp³-hybridized carbons (Fsp3) is 0.583. The topological polar surface area (TPSA) is 29.1 Å². The average Bonchev–Trinajstić information content (AvgIpc) is 2.56. The van der Waals surface area contributed by atoms with Crippen LogP contribution in [0.15, 0.2) is 6.07 Å². The Labute approximate surface area is 95.7 Å². The van der Waals surface area contributed by atoms with E-state index < -0.39 is 0 Å². The van der Waals surface area contributed by atoms with Gasteiger partial charge in [0.05, 0.1) is 4.88 Å². The number of hydrogen-bond donors (Lipinski definition) is 1. The van der Waals surface area contributed by atoms with Crippen molar-refractivity contribution < 1.29 is 4.79 Å². The first-order chi connectivity index (χ1) is 7.04. The van der Waals surface area contributed by atoms with Crippen LogP contribution in [0.2, 0.25) is 0 Å². The van der Waals surface area contributed by atoms with Gasteiger partial charge in [0.2, 0.25) is 0 Å². The first-order valence-corrected chi connectivity index (χ1v) is 6.23. The molecule has 2 nitrogen and oxygen atoms in total. The summed E-state index contributed by atoms with van der Waals surface area (Å²) in [4.78, 5) is 13.9. The lowest BCUT2D eigenvalue weighted by Gasteiger charge is -2.05. The predicted molar refractivity (Wildman–Crippen MR) is 65.6 cm³/mol. The van der Waals surface area contributed by atoms with Gasteiger partial charge in [-0.2, -0.15) is 0 Å². The van der Waals surface area contributed by atoms with Crippen molar-refractivity contribution in [3.8, 4) is 0 Å². The normalized spacial score (nSPS) is 10.7. The maximum Gasteiger partial charge on any atom is 0.261 e. The van der Waals surface area contributed by atoms with E-state index in [1.54, 1.807) is 11.3 Å². The molecule has 1 amide bonds. The number of nitrogens with one attached hydrogen (secondary N) is 1. The molecule has 0 unspecified atom stereocenters. The number of amides is 1. The van der Waals surface area contributed by atoms with Gasteiger partial charge in [-0.05, 0) is 30.9 Å². The molecule has 0 atom stereocenters. The minimum atomic E-state index is 0.0662. The van der Waals surface area contributed by atoms with Crippen LogP contribution in [0.4, 0.5) is 0 Å². The number of hydrogen-bond acceptors (Lipinski definition) is 2. The SMILES string of the molecule is CCc1sc(C(=O)NCC(C)C)cc1C. The van der Waals surface area contributed by atoms with Gasteiger partial charge < -0.3 is 5.32 Å². The lowest BCUT2D eigenvalue weighted by atomic mass is 10.2. The van der Waals surface area contributed by atoms with Crippen molar-refractivity contribution in [1.82, 2.24) is 5.32 Å². The maximum absolute atomic E-state index is 11.7. The number of carbonyl (C=O) groups excluding carboxylic acids is 1. The smallest absolute Gasteiger partial charge is 0.261 e. The maximum atomic E-state index is 11.7. The summed E-state index contributed by atoms with van der Waals surface area (Å²) in [7, 11) is 0. The van der Waals surface area contributed by atoms with Crippen molar-refractivity contribution in [2.24, 2.45) is 5.92 Å². The summed E-state index contributed by atoms with van der Waals surface area (Å²) in [6.45, 7) is 9.12. The molecular weight excluding hydrogens is 206 g/mol. The van der Waals surface area contributed by atoms with E-state index in [1.807, 2.05) is 6.07 Å². The van der Waals surface area contributed by atoms with Gasteiger partial charge in [-0.25, -0.2) is 0 Å². The van der Waals surface area contributed by atoms with Crippen LogP contribution in [0.5, 0.6) is 0 Å². The van der Waals surface area contributed by atoms with E-state index >= 15 is 0 Å². The Hall–Kier alpha value is -0.830. The van der Waals surface area contributed by atoms with Gasteiger partial charge in [0.25, 0.3) is 5.91 Å². The molecule has 0 aliphatic rings. The molecule has 3 heteroatoms. The summed E-state index contributed by atoms with van der Waals surface area (Å²) in [5.74, 6) is 0.567. The lowest BCUT2D eigenvalue weighted by Crippen LogP contribution is -2.26. The van der Waals surface area contributed by atoms with E-state index in [2.05, 4.69) is 33.0 Å². The van der Waals surface area contributed by atoms with Crippen LogP contribution >= 0.6 is 11.3 Å². The molecule has 0 aliphatic carbocycles. The van der Waals surface area contributed by atoms with Crippen molar-refractivity contribution in [2.75, 3.05) is 6.54 Å². The van der Waals surface area contributed by atoms with E-state index in [4.69, 9.17) is 0 Å². The first-order valence-electron chi connectivity index (χ1n) is 5.42. The Bertz CT molecular complexity index is 341. The third-order valence-corrected chi connectivity index (χ3v) is 3.62. The zero-order valence-electron chi connectivity index (χ0n) is 9.89. The number of rotatable bonds is 4. The van der Waals surface area contributed by atoms with E-state index in [9.17, 15) is 4.79 Å². The average molecular weight is 225 g/mol. The third kappa shape index (κ3) is 3.34. The molecule has 1 rings (SSSR count). The highest BCUT2D eigenvalue weighted by Crippen LogP contribution is 2.22. The van der Waals surface area contributed by atoms with Crippen molar-refractivity contribution >= 4 is 17.2 Å². The van der Waals surface area contributed by atoms with Crippen LogP contribution in [0.1, 0.15) is 40.9 Å². The molecule has 0 radical (unpaired) electrons. The van der Waals surface area contributed by atoms with Crippen molar-refractivity contribution in [2.45, 2.75) is 34.1 Å². The minimum Gasteiger partial charge on any atom is -0.351 e. The second-order valence-corrected chi connectivity index (χ2v) is 5.31. The Morgan fingerprint density at radius 2 is 2.20 bits per heavy atom. The van der Waals surface area contributed by atoms with Gasteiger partial charge in [0.15, 0.2) is 0 Å². The highest BCUT2D eigenvalue weighted by molar-refractivity contribution is 7.14. The number of aryl methyl sites for hydroxylation is 2. The summed E-state index contributed by atoms with van der Waals surface area (Å²) < 4.78 is 0. The largest absolute Gasteiger partial charge is 0.351 e. The zero-order valence-corrected chi connectivity index (χ0v) is 10.7. The fourth-order valence-corrected chi connectivity index (χ4v) is 2.40. The molecule has 84 valence electrons. The summed E-state index contributed by atoms with van der Waals surface area (Å²) in [5.41, 5.74) is 1.23.